The molecule has 288 valence electrons. The fraction of sp³-hybridized carbons (Fsp3) is 0.659. The van der Waals surface area contributed by atoms with Crippen LogP contribution in [0.1, 0.15) is 154 Å². The molecule has 0 radical (unpaired) electrons. The number of esters is 2. The molecule has 0 aromatic carbocycles. The lowest BCUT2D eigenvalue weighted by molar-refractivity contribution is -0.140. The van der Waals surface area contributed by atoms with Crippen LogP contribution in [0.2, 0.25) is 0 Å². The number of carbonyl (C=O) groups is 4. The van der Waals surface area contributed by atoms with E-state index in [1.165, 1.54) is 103 Å². The first-order valence-corrected chi connectivity index (χ1v) is 18.8. The van der Waals surface area contributed by atoms with Crippen LogP contribution in [-0.2, 0) is 28.7 Å². The summed E-state index contributed by atoms with van der Waals surface area (Å²) in [6.07, 6.45) is 37.7. The van der Waals surface area contributed by atoms with Crippen LogP contribution in [0.4, 0.5) is 0 Å². The number of unbranched alkanes of at least 4 members (excludes halogenated alkanes) is 21. The molecule has 0 spiro atoms. The first kappa shape index (κ1) is 50.9. The quantitative estimate of drug-likeness (QED) is 0.0262. The molecule has 0 aromatic rings. The smallest absolute Gasteiger partial charge is 0.331 e. The number of allylic oxidation sites excluding steroid dienone is 3. The highest BCUT2D eigenvalue weighted by atomic mass is 16.5. The Labute approximate surface area is 303 Å². The van der Waals surface area contributed by atoms with Crippen molar-refractivity contribution in [3.63, 3.8) is 0 Å². The van der Waals surface area contributed by atoms with Crippen molar-refractivity contribution in [1.29, 1.82) is 0 Å². The molecule has 9 nitrogen and oxygen atoms in total. The molecule has 0 aliphatic rings. The zero-order valence-electron chi connectivity index (χ0n) is 31.0. The third-order valence-corrected chi connectivity index (χ3v) is 7.38. The molecule has 0 atom stereocenters. The molecule has 3 N–H and O–H groups in total. The number of hydrogen-bond acceptors (Lipinski definition) is 7. The molecule has 0 rings (SSSR count). The second-order valence-electron chi connectivity index (χ2n) is 12.1. The summed E-state index contributed by atoms with van der Waals surface area (Å²) in [6.45, 7) is 12.3. The summed E-state index contributed by atoms with van der Waals surface area (Å²) in [5, 5.41) is 24.2. The topological polar surface area (TPSA) is 147 Å². The van der Waals surface area contributed by atoms with Crippen LogP contribution in [-0.4, -0.2) is 59.0 Å². The lowest BCUT2D eigenvalue weighted by Gasteiger charge is -2.04. The predicted molar refractivity (Wildman–Crippen MR) is 204 cm³/mol. The van der Waals surface area contributed by atoms with Gasteiger partial charge in [0.1, 0.15) is 0 Å². The molecule has 0 heterocycles. The number of hydrogen-bond donors (Lipinski definition) is 3. The molecular formula is C41H70O9. The summed E-state index contributed by atoms with van der Waals surface area (Å²) in [4.78, 5) is 42.3. The second-order valence-corrected chi connectivity index (χ2v) is 12.1. The Morgan fingerprint density at radius 3 is 0.920 bits per heavy atom. The van der Waals surface area contributed by atoms with Gasteiger partial charge in [-0.1, -0.05) is 115 Å². The number of carboxylic acids is 2. The summed E-state index contributed by atoms with van der Waals surface area (Å²) in [7, 11) is 0. The van der Waals surface area contributed by atoms with Gasteiger partial charge in [0.2, 0.25) is 0 Å². The van der Waals surface area contributed by atoms with E-state index in [2.05, 4.69) is 19.7 Å². The highest BCUT2D eigenvalue weighted by molar-refractivity contribution is 5.91. The zero-order valence-corrected chi connectivity index (χ0v) is 31.0. The van der Waals surface area contributed by atoms with Gasteiger partial charge < -0.3 is 24.8 Å². The minimum atomic E-state index is -1.26. The van der Waals surface area contributed by atoms with E-state index < -0.39 is 23.9 Å². The van der Waals surface area contributed by atoms with Gasteiger partial charge in [0.05, 0.1) is 13.2 Å². The number of aliphatic hydroxyl groups is 1. The lowest BCUT2D eigenvalue weighted by Crippen LogP contribution is -2.06. The van der Waals surface area contributed by atoms with Crippen LogP contribution in [0.15, 0.2) is 62.3 Å². The van der Waals surface area contributed by atoms with Gasteiger partial charge in [-0.15, -0.1) is 19.7 Å². The molecule has 0 aliphatic carbocycles. The summed E-state index contributed by atoms with van der Waals surface area (Å²) >= 11 is 0. The van der Waals surface area contributed by atoms with E-state index in [0.29, 0.717) is 32.0 Å². The third kappa shape index (κ3) is 54.0. The Bertz CT molecular complexity index is 834. The maximum atomic E-state index is 11.6. The van der Waals surface area contributed by atoms with Gasteiger partial charge in [0.25, 0.3) is 0 Å². The second kappa shape index (κ2) is 45.5. The first-order chi connectivity index (χ1) is 24.2. The normalized spacial score (nSPS) is 10.4. The third-order valence-electron chi connectivity index (χ3n) is 7.38. The molecule has 0 saturated heterocycles. The average Bonchev–Trinajstić information content (AvgIpc) is 3.10. The molecule has 50 heavy (non-hydrogen) atoms. The van der Waals surface area contributed by atoms with Crippen molar-refractivity contribution in [1.82, 2.24) is 0 Å². The van der Waals surface area contributed by atoms with Crippen LogP contribution in [0, 0.1) is 0 Å². The largest absolute Gasteiger partial charge is 0.478 e. The molecule has 0 aromatic heterocycles. The summed E-state index contributed by atoms with van der Waals surface area (Å²) in [5.41, 5.74) is 0. The fourth-order valence-corrected chi connectivity index (χ4v) is 4.55. The minimum Gasteiger partial charge on any atom is -0.478 e. The van der Waals surface area contributed by atoms with Crippen molar-refractivity contribution in [2.24, 2.45) is 0 Å². The highest BCUT2D eigenvalue weighted by Crippen LogP contribution is 2.10. The van der Waals surface area contributed by atoms with Crippen LogP contribution >= 0.6 is 0 Å². The minimum absolute atomic E-state index is 0.358. The maximum absolute atomic E-state index is 11.6. The number of aliphatic hydroxyl groups excluding tert-OH is 1. The van der Waals surface area contributed by atoms with Gasteiger partial charge in [0, 0.05) is 30.9 Å². The van der Waals surface area contributed by atoms with Gasteiger partial charge >= 0.3 is 23.9 Å². The molecule has 0 bridgehead atoms. The number of ether oxygens (including phenoxy) is 2. The van der Waals surface area contributed by atoms with Gasteiger partial charge in [-0.05, 0) is 57.8 Å². The van der Waals surface area contributed by atoms with Crippen molar-refractivity contribution in [3.8, 4) is 0 Å². The van der Waals surface area contributed by atoms with Crippen molar-refractivity contribution in [2.75, 3.05) is 19.8 Å². The number of carbonyl (C=O) groups excluding carboxylic acids is 2. The monoisotopic (exact) mass is 707 g/mol. The van der Waals surface area contributed by atoms with Gasteiger partial charge in [-0.2, -0.15) is 0 Å². The summed E-state index contributed by atoms with van der Waals surface area (Å²) < 4.78 is 10.2. The molecule has 0 saturated carbocycles. The van der Waals surface area contributed by atoms with Gasteiger partial charge in [0.15, 0.2) is 0 Å². The fourth-order valence-electron chi connectivity index (χ4n) is 4.55. The van der Waals surface area contributed by atoms with E-state index in [0.717, 1.165) is 63.5 Å². The van der Waals surface area contributed by atoms with E-state index in [4.69, 9.17) is 24.8 Å². The Kier molecular flexibility index (Phi) is 46.4. The molecule has 0 amide bonds. The standard InChI is InChI=1S/C26H44O4.C11H22O.C4H4O4/c1-3-5-7-9-11-13-15-17-19-23-29-25(27)21-22-26(28)30-24-20-18-16-14-12-10-8-6-4-2;1-2-3-4-5-6-7-8-9-10-11-12;5-3(6)1-2-4(7)8/h3-4,21-22H,1-2,5-20,23-24H2;2,12H,1,3-11H2;1-2H,(H,5,6)(H,7,8)/b22-21-;;2-1+. The SMILES string of the molecule is C=CCCCCCCCCCO.C=CCCCCCCCCCOC(=O)/C=C\C(=O)OCCCCCCCCCC=C.O=C(O)/C=C/C(=O)O. The first-order valence-electron chi connectivity index (χ1n) is 18.8. The summed E-state index contributed by atoms with van der Waals surface area (Å²) in [6, 6.07) is 0. The van der Waals surface area contributed by atoms with Crippen molar-refractivity contribution < 1.29 is 44.0 Å². The van der Waals surface area contributed by atoms with E-state index in [9.17, 15) is 19.2 Å². The van der Waals surface area contributed by atoms with E-state index in [1.807, 2.05) is 18.2 Å². The molecular weight excluding hydrogens is 636 g/mol. The van der Waals surface area contributed by atoms with E-state index in [1.54, 1.807) is 0 Å². The number of aliphatic carboxylic acids is 2. The van der Waals surface area contributed by atoms with Crippen molar-refractivity contribution in [2.45, 2.75) is 154 Å². The van der Waals surface area contributed by atoms with Crippen LogP contribution in [0.5, 0.6) is 0 Å². The number of rotatable bonds is 33. The Morgan fingerprint density at radius 1 is 0.400 bits per heavy atom. The van der Waals surface area contributed by atoms with Gasteiger partial charge in [-0.25, -0.2) is 19.2 Å². The zero-order chi connectivity index (χ0) is 37.8. The Balaban J connectivity index is -0.000000896. The molecule has 0 aliphatic heterocycles. The van der Waals surface area contributed by atoms with Crippen molar-refractivity contribution in [3.05, 3.63) is 62.3 Å². The Morgan fingerprint density at radius 2 is 0.660 bits per heavy atom. The highest BCUT2D eigenvalue weighted by Gasteiger charge is 2.02. The van der Waals surface area contributed by atoms with Crippen LogP contribution < -0.4 is 0 Å². The summed E-state index contributed by atoms with van der Waals surface area (Å²) in [5.74, 6) is -3.47. The molecule has 9 heteroatoms. The van der Waals surface area contributed by atoms with Gasteiger partial charge in [-0.3, -0.25) is 0 Å². The average molecular weight is 707 g/mol. The molecule has 0 fully saturated rings. The lowest BCUT2D eigenvalue weighted by atomic mass is 10.1. The molecule has 0 unspecified atom stereocenters. The maximum Gasteiger partial charge on any atom is 0.331 e. The van der Waals surface area contributed by atoms with Crippen molar-refractivity contribution >= 4 is 23.9 Å². The van der Waals surface area contributed by atoms with E-state index >= 15 is 0 Å². The van der Waals surface area contributed by atoms with Crippen LogP contribution in [0.3, 0.4) is 0 Å². The number of carboxylic acid groups (broad SMARTS) is 2. The Hall–Kier alpha value is -3.46. The predicted octanol–water partition coefficient (Wildman–Crippen LogP) is 10.2. The van der Waals surface area contributed by atoms with Crippen LogP contribution in [0.25, 0.3) is 0 Å². The van der Waals surface area contributed by atoms with E-state index in [-0.39, 0.29) is 0 Å².